The molecule has 1 aliphatic rings. The number of ether oxygens (including phenoxy) is 1. The summed E-state index contributed by atoms with van der Waals surface area (Å²) < 4.78 is 5.02. The minimum Gasteiger partial charge on any atom is -0.446 e. The molecule has 0 bridgehead atoms. The molecular formula is C15H28N2O3. The first-order valence-corrected chi connectivity index (χ1v) is 7.84. The maximum Gasteiger partial charge on any atom is 0.404 e. The summed E-state index contributed by atoms with van der Waals surface area (Å²) in [5.41, 5.74) is 5.02. The first kappa shape index (κ1) is 17.0. The summed E-state index contributed by atoms with van der Waals surface area (Å²) in [5, 5.41) is 0. The quantitative estimate of drug-likeness (QED) is 0.494. The third-order valence-electron chi connectivity index (χ3n) is 3.86. The van der Waals surface area contributed by atoms with Gasteiger partial charge in [0.05, 0.1) is 0 Å². The monoisotopic (exact) mass is 284 g/mol. The van der Waals surface area contributed by atoms with Crippen LogP contribution in [0.1, 0.15) is 57.8 Å². The van der Waals surface area contributed by atoms with Gasteiger partial charge in [0.15, 0.2) is 0 Å². The first-order valence-electron chi connectivity index (χ1n) is 7.84. The van der Waals surface area contributed by atoms with Crippen LogP contribution in [-0.2, 0) is 9.53 Å². The number of unbranched alkanes of at least 4 members (excludes halogenated alkanes) is 6. The molecule has 0 radical (unpaired) electrons. The number of primary amides is 1. The molecule has 0 aromatic carbocycles. The van der Waals surface area contributed by atoms with Gasteiger partial charge >= 0.3 is 6.09 Å². The van der Waals surface area contributed by atoms with Crippen LogP contribution in [0.4, 0.5) is 4.79 Å². The van der Waals surface area contributed by atoms with Gasteiger partial charge in [-0.15, -0.1) is 0 Å². The van der Waals surface area contributed by atoms with Crippen molar-refractivity contribution in [2.24, 2.45) is 5.73 Å². The van der Waals surface area contributed by atoms with E-state index in [9.17, 15) is 9.59 Å². The van der Waals surface area contributed by atoms with Crippen LogP contribution in [-0.4, -0.2) is 43.0 Å². The largest absolute Gasteiger partial charge is 0.446 e. The molecule has 2 N–H and O–H groups in total. The fourth-order valence-corrected chi connectivity index (χ4v) is 2.69. The normalized spacial score (nSPS) is 17.0. The number of hydrogen-bond donors (Lipinski definition) is 1. The minimum absolute atomic E-state index is 0.0153. The third-order valence-corrected chi connectivity index (χ3v) is 3.86. The Balaban J connectivity index is 1.91. The minimum atomic E-state index is -0.655. The summed E-state index contributed by atoms with van der Waals surface area (Å²) in [6, 6.07) is 0. The smallest absolute Gasteiger partial charge is 0.404 e. The number of nitrogens with two attached hydrogens (primary N) is 1. The van der Waals surface area contributed by atoms with Crippen LogP contribution in [0.25, 0.3) is 0 Å². The van der Waals surface area contributed by atoms with Crippen molar-refractivity contribution in [1.29, 1.82) is 0 Å². The van der Waals surface area contributed by atoms with Crippen molar-refractivity contribution >= 4 is 12.4 Å². The second-order valence-corrected chi connectivity index (χ2v) is 5.55. The molecule has 1 aliphatic heterocycles. The molecule has 0 spiro atoms. The molecule has 0 saturated carbocycles. The van der Waals surface area contributed by atoms with Gasteiger partial charge in [0.1, 0.15) is 12.4 Å². The zero-order valence-corrected chi connectivity index (χ0v) is 12.4. The number of rotatable bonds is 10. The molecule has 1 amide bonds. The highest BCUT2D eigenvalue weighted by molar-refractivity contribution is 5.64. The van der Waals surface area contributed by atoms with E-state index >= 15 is 0 Å². The molecule has 5 heteroatoms. The summed E-state index contributed by atoms with van der Waals surface area (Å²) in [6.45, 7) is 3.13. The lowest BCUT2D eigenvalue weighted by Gasteiger charge is -2.31. The Hall–Kier alpha value is -1.10. The Morgan fingerprint density at radius 1 is 1.10 bits per heavy atom. The van der Waals surface area contributed by atoms with Crippen molar-refractivity contribution in [1.82, 2.24) is 4.90 Å². The number of piperidine rings is 1. The molecule has 20 heavy (non-hydrogen) atoms. The molecule has 1 fully saturated rings. The van der Waals surface area contributed by atoms with Crippen LogP contribution in [0.15, 0.2) is 0 Å². The van der Waals surface area contributed by atoms with Gasteiger partial charge in [-0.2, -0.15) is 0 Å². The van der Waals surface area contributed by atoms with Crippen molar-refractivity contribution in [2.75, 3.05) is 19.6 Å². The van der Waals surface area contributed by atoms with E-state index in [-0.39, 0.29) is 6.10 Å². The highest BCUT2D eigenvalue weighted by Crippen LogP contribution is 2.15. The second kappa shape index (κ2) is 10.7. The van der Waals surface area contributed by atoms with E-state index < -0.39 is 6.09 Å². The SMILES string of the molecule is NC(=O)OC1CCN(CCCCCCCCC=O)CC1. The molecule has 1 heterocycles. The van der Waals surface area contributed by atoms with Gasteiger partial charge in [0.25, 0.3) is 0 Å². The Morgan fingerprint density at radius 3 is 2.30 bits per heavy atom. The first-order chi connectivity index (χ1) is 9.72. The fraction of sp³-hybridized carbons (Fsp3) is 0.867. The number of nitrogens with zero attached hydrogens (tertiary/aromatic N) is 1. The van der Waals surface area contributed by atoms with Gasteiger partial charge in [-0.3, -0.25) is 0 Å². The van der Waals surface area contributed by atoms with Crippen LogP contribution in [0.3, 0.4) is 0 Å². The second-order valence-electron chi connectivity index (χ2n) is 5.55. The van der Waals surface area contributed by atoms with E-state index in [1.54, 1.807) is 0 Å². The summed E-state index contributed by atoms with van der Waals surface area (Å²) in [6.07, 6.45) is 10.1. The lowest BCUT2D eigenvalue weighted by molar-refractivity contribution is -0.107. The lowest BCUT2D eigenvalue weighted by atomic mass is 10.1. The molecule has 0 aliphatic carbocycles. The van der Waals surface area contributed by atoms with Crippen molar-refractivity contribution in [3.8, 4) is 0 Å². The van der Waals surface area contributed by atoms with Crippen molar-refractivity contribution in [3.05, 3.63) is 0 Å². The zero-order chi connectivity index (χ0) is 14.6. The van der Waals surface area contributed by atoms with Gasteiger partial charge in [-0.25, -0.2) is 4.79 Å². The standard InChI is InChI=1S/C15H28N2O3/c16-15(19)20-14-8-11-17(12-9-14)10-6-4-2-1-3-5-7-13-18/h13-14H,1-12H2,(H2,16,19). The Bertz CT molecular complexity index is 276. The topological polar surface area (TPSA) is 72.6 Å². The van der Waals surface area contributed by atoms with Crippen molar-refractivity contribution in [3.63, 3.8) is 0 Å². The summed E-state index contributed by atoms with van der Waals surface area (Å²) in [7, 11) is 0. The van der Waals surface area contributed by atoms with Gasteiger partial charge in [0.2, 0.25) is 0 Å². The zero-order valence-electron chi connectivity index (χ0n) is 12.4. The molecule has 0 atom stereocenters. The van der Waals surface area contributed by atoms with Crippen LogP contribution in [0, 0.1) is 0 Å². The van der Waals surface area contributed by atoms with Crippen molar-refractivity contribution in [2.45, 2.75) is 63.9 Å². The summed E-state index contributed by atoms with van der Waals surface area (Å²) in [5.74, 6) is 0. The number of likely N-dealkylation sites (tertiary alicyclic amines) is 1. The predicted molar refractivity (Wildman–Crippen MR) is 78.5 cm³/mol. The highest BCUT2D eigenvalue weighted by Gasteiger charge is 2.20. The molecule has 1 saturated heterocycles. The lowest BCUT2D eigenvalue weighted by Crippen LogP contribution is -2.39. The average molecular weight is 284 g/mol. The van der Waals surface area contributed by atoms with E-state index in [0.717, 1.165) is 45.2 Å². The predicted octanol–water partition coefficient (Wildman–Crippen LogP) is 2.48. The van der Waals surface area contributed by atoms with Crippen molar-refractivity contribution < 1.29 is 14.3 Å². The van der Waals surface area contributed by atoms with Crippen LogP contribution in [0.5, 0.6) is 0 Å². The Morgan fingerprint density at radius 2 is 1.70 bits per heavy atom. The number of aldehydes is 1. The maximum absolute atomic E-state index is 10.7. The number of hydrogen-bond acceptors (Lipinski definition) is 4. The van der Waals surface area contributed by atoms with E-state index in [1.165, 1.54) is 32.1 Å². The van der Waals surface area contributed by atoms with E-state index in [2.05, 4.69) is 4.90 Å². The molecule has 5 nitrogen and oxygen atoms in total. The molecule has 0 aromatic rings. The van der Waals surface area contributed by atoms with Gasteiger partial charge in [0, 0.05) is 19.5 Å². The van der Waals surface area contributed by atoms with E-state index in [0.29, 0.717) is 6.42 Å². The molecule has 0 aromatic heterocycles. The van der Waals surface area contributed by atoms with Gasteiger partial charge in [-0.1, -0.05) is 25.7 Å². The molecule has 1 rings (SSSR count). The van der Waals surface area contributed by atoms with Gasteiger partial charge < -0.3 is 20.2 Å². The highest BCUT2D eigenvalue weighted by atomic mass is 16.6. The molecule has 116 valence electrons. The van der Waals surface area contributed by atoms with Crippen LogP contribution in [0.2, 0.25) is 0 Å². The number of carbonyl (C=O) groups excluding carboxylic acids is 2. The van der Waals surface area contributed by atoms with Crippen LogP contribution < -0.4 is 5.73 Å². The maximum atomic E-state index is 10.7. The molecular weight excluding hydrogens is 256 g/mol. The summed E-state index contributed by atoms with van der Waals surface area (Å²) in [4.78, 5) is 23.2. The van der Waals surface area contributed by atoms with E-state index in [4.69, 9.17) is 10.5 Å². The molecule has 0 unspecified atom stereocenters. The van der Waals surface area contributed by atoms with Gasteiger partial charge in [-0.05, 0) is 32.2 Å². The Labute approximate surface area is 121 Å². The number of carbonyl (C=O) groups is 2. The Kier molecular flexibility index (Phi) is 9.04. The van der Waals surface area contributed by atoms with E-state index in [1.807, 2.05) is 0 Å². The fourth-order valence-electron chi connectivity index (χ4n) is 2.69. The summed E-state index contributed by atoms with van der Waals surface area (Å²) >= 11 is 0. The number of amides is 1. The average Bonchev–Trinajstić information content (AvgIpc) is 2.43. The third kappa shape index (κ3) is 8.15. The van der Waals surface area contributed by atoms with Crippen LogP contribution >= 0.6 is 0 Å².